The number of anilines is 1. The maximum atomic E-state index is 12.4. The third-order valence-corrected chi connectivity index (χ3v) is 4.12. The van der Waals surface area contributed by atoms with Gasteiger partial charge < -0.3 is 4.74 Å². The number of nitrogens with zero attached hydrogens (tertiary/aromatic N) is 2. The van der Waals surface area contributed by atoms with Crippen molar-refractivity contribution >= 4 is 22.4 Å². The summed E-state index contributed by atoms with van der Waals surface area (Å²) in [5.41, 5.74) is 2.25. The SMILES string of the molecule is CC(C)COc1cccc(C(=O)Nc2nc(-c3cccnc3)cs2)c1. The Balaban J connectivity index is 1.68. The zero-order valence-electron chi connectivity index (χ0n) is 14.1. The van der Waals surface area contributed by atoms with Crippen molar-refractivity contribution in [1.82, 2.24) is 9.97 Å². The lowest BCUT2D eigenvalue weighted by molar-refractivity contribution is 0.102. The Morgan fingerprint density at radius 2 is 2.16 bits per heavy atom. The van der Waals surface area contributed by atoms with Crippen molar-refractivity contribution in [2.24, 2.45) is 5.92 Å². The van der Waals surface area contributed by atoms with Gasteiger partial charge in [0.05, 0.1) is 12.3 Å². The van der Waals surface area contributed by atoms with E-state index < -0.39 is 0 Å². The second-order valence-corrected chi connectivity index (χ2v) is 6.82. The highest BCUT2D eigenvalue weighted by atomic mass is 32.1. The number of aromatic nitrogens is 2. The second-order valence-electron chi connectivity index (χ2n) is 5.97. The highest BCUT2D eigenvalue weighted by molar-refractivity contribution is 7.14. The molecule has 1 amide bonds. The first-order valence-electron chi connectivity index (χ1n) is 8.02. The number of pyridine rings is 1. The zero-order valence-corrected chi connectivity index (χ0v) is 14.9. The summed E-state index contributed by atoms with van der Waals surface area (Å²) in [4.78, 5) is 21.0. The van der Waals surface area contributed by atoms with Crippen LogP contribution >= 0.6 is 11.3 Å². The van der Waals surface area contributed by atoms with Crippen molar-refractivity contribution in [2.45, 2.75) is 13.8 Å². The first-order valence-corrected chi connectivity index (χ1v) is 8.90. The van der Waals surface area contributed by atoms with Crippen molar-refractivity contribution in [1.29, 1.82) is 0 Å². The number of carbonyl (C=O) groups is 1. The molecular weight excluding hydrogens is 334 g/mol. The van der Waals surface area contributed by atoms with Crippen LogP contribution in [0.3, 0.4) is 0 Å². The summed E-state index contributed by atoms with van der Waals surface area (Å²) >= 11 is 1.38. The Bertz CT molecular complexity index is 847. The minimum Gasteiger partial charge on any atom is -0.493 e. The van der Waals surface area contributed by atoms with Crippen LogP contribution in [0.15, 0.2) is 54.2 Å². The molecule has 1 N–H and O–H groups in total. The van der Waals surface area contributed by atoms with Crippen molar-refractivity contribution in [3.8, 4) is 17.0 Å². The molecule has 2 heterocycles. The highest BCUT2D eigenvalue weighted by Gasteiger charge is 2.11. The van der Waals surface area contributed by atoms with Gasteiger partial charge in [0.15, 0.2) is 5.13 Å². The van der Waals surface area contributed by atoms with Gasteiger partial charge in [0.25, 0.3) is 5.91 Å². The van der Waals surface area contributed by atoms with Gasteiger partial charge in [0.1, 0.15) is 5.75 Å². The van der Waals surface area contributed by atoms with Crippen LogP contribution in [0.5, 0.6) is 5.75 Å². The molecule has 0 spiro atoms. The number of benzene rings is 1. The molecule has 6 heteroatoms. The van der Waals surface area contributed by atoms with Gasteiger partial charge >= 0.3 is 0 Å². The van der Waals surface area contributed by atoms with E-state index in [-0.39, 0.29) is 5.91 Å². The predicted octanol–water partition coefficient (Wildman–Crippen LogP) is 4.49. The molecule has 0 aliphatic heterocycles. The molecule has 0 fully saturated rings. The van der Waals surface area contributed by atoms with Crippen LogP contribution < -0.4 is 10.1 Å². The molecule has 3 rings (SSSR count). The number of ether oxygens (including phenoxy) is 1. The minimum atomic E-state index is -0.206. The van der Waals surface area contributed by atoms with Gasteiger partial charge in [-0.25, -0.2) is 4.98 Å². The maximum Gasteiger partial charge on any atom is 0.257 e. The molecule has 2 aromatic heterocycles. The number of carbonyl (C=O) groups excluding carboxylic acids is 1. The van der Waals surface area contributed by atoms with Crippen LogP contribution in [0.25, 0.3) is 11.3 Å². The van der Waals surface area contributed by atoms with Crippen LogP contribution in [0.4, 0.5) is 5.13 Å². The van der Waals surface area contributed by atoms with Crippen LogP contribution in [0.1, 0.15) is 24.2 Å². The first kappa shape index (κ1) is 17.1. The summed E-state index contributed by atoms with van der Waals surface area (Å²) in [7, 11) is 0. The lowest BCUT2D eigenvalue weighted by Crippen LogP contribution is -2.12. The smallest absolute Gasteiger partial charge is 0.257 e. The Morgan fingerprint density at radius 1 is 1.28 bits per heavy atom. The van der Waals surface area contributed by atoms with E-state index in [0.717, 1.165) is 11.3 Å². The monoisotopic (exact) mass is 353 g/mol. The van der Waals surface area contributed by atoms with Crippen LogP contribution in [-0.2, 0) is 0 Å². The van der Waals surface area contributed by atoms with Crippen molar-refractivity contribution < 1.29 is 9.53 Å². The second kappa shape index (κ2) is 7.90. The molecule has 0 aliphatic carbocycles. The van der Waals surface area contributed by atoms with E-state index in [9.17, 15) is 4.79 Å². The average Bonchev–Trinajstić information content (AvgIpc) is 3.09. The predicted molar refractivity (Wildman–Crippen MR) is 100 cm³/mol. The highest BCUT2D eigenvalue weighted by Crippen LogP contribution is 2.24. The molecular formula is C19H19N3O2S. The molecule has 0 saturated heterocycles. The van der Waals surface area contributed by atoms with E-state index in [1.54, 1.807) is 24.5 Å². The molecule has 5 nitrogen and oxygen atoms in total. The Kier molecular flexibility index (Phi) is 5.40. The Labute approximate surface area is 150 Å². The Morgan fingerprint density at radius 3 is 2.92 bits per heavy atom. The first-order chi connectivity index (χ1) is 12.1. The van der Waals surface area contributed by atoms with E-state index >= 15 is 0 Å². The quantitative estimate of drug-likeness (QED) is 0.709. The molecule has 0 saturated carbocycles. The summed E-state index contributed by atoms with van der Waals surface area (Å²) in [5.74, 6) is 0.914. The summed E-state index contributed by atoms with van der Waals surface area (Å²) in [6.45, 7) is 4.78. The number of hydrogen-bond acceptors (Lipinski definition) is 5. The van der Waals surface area contributed by atoms with E-state index in [1.165, 1.54) is 11.3 Å². The third kappa shape index (κ3) is 4.64. The topological polar surface area (TPSA) is 64.1 Å². The van der Waals surface area contributed by atoms with Gasteiger partial charge in [-0.3, -0.25) is 15.1 Å². The van der Waals surface area contributed by atoms with Crippen LogP contribution in [-0.4, -0.2) is 22.5 Å². The van der Waals surface area contributed by atoms with Gasteiger partial charge in [-0.15, -0.1) is 11.3 Å². The summed E-state index contributed by atoms with van der Waals surface area (Å²) in [6, 6.07) is 11.0. The molecule has 3 aromatic rings. The fourth-order valence-corrected chi connectivity index (χ4v) is 2.85. The van der Waals surface area contributed by atoms with E-state index in [4.69, 9.17) is 4.74 Å². The van der Waals surface area contributed by atoms with Crippen molar-refractivity contribution in [2.75, 3.05) is 11.9 Å². The van der Waals surface area contributed by atoms with Gasteiger partial charge in [0, 0.05) is 28.9 Å². The third-order valence-electron chi connectivity index (χ3n) is 3.36. The largest absolute Gasteiger partial charge is 0.493 e. The van der Waals surface area contributed by atoms with Crippen LogP contribution in [0, 0.1) is 5.92 Å². The molecule has 128 valence electrons. The average molecular weight is 353 g/mol. The normalized spacial score (nSPS) is 10.7. The van der Waals surface area contributed by atoms with E-state index in [2.05, 4.69) is 29.1 Å². The molecule has 0 atom stereocenters. The van der Waals surface area contributed by atoms with Crippen LogP contribution in [0.2, 0.25) is 0 Å². The fraction of sp³-hybridized carbons (Fsp3) is 0.211. The summed E-state index contributed by atoms with van der Waals surface area (Å²) in [5, 5.41) is 5.28. The Hall–Kier alpha value is -2.73. The standard InChI is InChI=1S/C19H19N3O2S/c1-13(2)11-24-16-7-3-5-14(9-16)18(23)22-19-21-17(12-25-19)15-6-4-8-20-10-15/h3-10,12-13H,11H2,1-2H3,(H,21,22,23). The van der Waals surface area contributed by atoms with Gasteiger partial charge in [-0.1, -0.05) is 19.9 Å². The maximum absolute atomic E-state index is 12.4. The lowest BCUT2D eigenvalue weighted by Gasteiger charge is -2.09. The van der Waals surface area contributed by atoms with E-state index in [1.807, 2.05) is 29.6 Å². The fourth-order valence-electron chi connectivity index (χ4n) is 2.14. The van der Waals surface area contributed by atoms with Gasteiger partial charge in [-0.05, 0) is 36.2 Å². The summed E-state index contributed by atoms with van der Waals surface area (Å²) in [6.07, 6.45) is 3.46. The number of rotatable bonds is 6. The van der Waals surface area contributed by atoms with Gasteiger partial charge in [-0.2, -0.15) is 0 Å². The summed E-state index contributed by atoms with van der Waals surface area (Å²) < 4.78 is 5.67. The lowest BCUT2D eigenvalue weighted by atomic mass is 10.2. The molecule has 1 aromatic carbocycles. The number of thiazole rings is 1. The number of hydrogen-bond donors (Lipinski definition) is 1. The molecule has 0 bridgehead atoms. The van der Waals surface area contributed by atoms with E-state index in [0.29, 0.717) is 29.0 Å². The van der Waals surface area contributed by atoms with Gasteiger partial charge in [0.2, 0.25) is 0 Å². The number of amides is 1. The van der Waals surface area contributed by atoms with Crippen molar-refractivity contribution in [3.05, 3.63) is 59.7 Å². The zero-order chi connectivity index (χ0) is 17.6. The number of nitrogens with one attached hydrogen (secondary N) is 1. The molecule has 0 unspecified atom stereocenters. The molecule has 0 aliphatic rings. The molecule has 0 radical (unpaired) electrons. The van der Waals surface area contributed by atoms with Crippen molar-refractivity contribution in [3.63, 3.8) is 0 Å². The molecule has 25 heavy (non-hydrogen) atoms. The minimum absolute atomic E-state index is 0.206.